The van der Waals surface area contributed by atoms with Gasteiger partial charge < -0.3 is 16.4 Å². The van der Waals surface area contributed by atoms with Gasteiger partial charge in [-0.2, -0.15) is 4.31 Å². The molecule has 0 aromatic heterocycles. The first-order valence-corrected chi connectivity index (χ1v) is 8.72. The monoisotopic (exact) mass is 328 g/mol. The zero-order valence-electron chi connectivity index (χ0n) is 13.2. The summed E-state index contributed by atoms with van der Waals surface area (Å²) in [5.41, 5.74) is 6.36. The largest absolute Gasteiger partial charge is 0.384 e. The third-order valence-electron chi connectivity index (χ3n) is 3.16. The molecule has 0 aliphatic heterocycles. The van der Waals surface area contributed by atoms with Crippen LogP contribution in [0, 0.1) is 0 Å². The third-order valence-corrected chi connectivity index (χ3v) is 5.21. The van der Waals surface area contributed by atoms with Crippen molar-refractivity contribution in [1.82, 2.24) is 4.31 Å². The number of amides is 1. The summed E-state index contributed by atoms with van der Waals surface area (Å²) in [7, 11) is -3.57. The van der Waals surface area contributed by atoms with Crippen molar-refractivity contribution in [1.29, 1.82) is 0 Å². The number of sulfonamides is 1. The number of rotatable bonds is 8. The Balaban J connectivity index is 3.28. The molecule has 0 saturated carbocycles. The van der Waals surface area contributed by atoms with E-state index in [4.69, 9.17) is 5.73 Å². The van der Waals surface area contributed by atoms with Crippen molar-refractivity contribution in [3.63, 3.8) is 0 Å². The minimum Gasteiger partial charge on any atom is -0.384 e. The van der Waals surface area contributed by atoms with Crippen LogP contribution in [-0.4, -0.2) is 44.8 Å². The third kappa shape index (κ3) is 4.19. The average molecular weight is 328 g/mol. The lowest BCUT2D eigenvalue weighted by molar-refractivity contribution is -0.114. The lowest BCUT2D eigenvalue weighted by Gasteiger charge is -2.20. The fourth-order valence-corrected chi connectivity index (χ4v) is 3.53. The van der Waals surface area contributed by atoms with E-state index >= 15 is 0 Å². The van der Waals surface area contributed by atoms with Crippen LogP contribution in [0.5, 0.6) is 0 Å². The summed E-state index contributed by atoms with van der Waals surface area (Å²) in [5.74, 6) is -0.378. The molecule has 22 heavy (non-hydrogen) atoms. The number of benzene rings is 1. The second-order valence-electron chi connectivity index (χ2n) is 4.58. The van der Waals surface area contributed by atoms with E-state index in [0.29, 0.717) is 31.0 Å². The SMILES string of the molecule is CCNc1ccc(S(=O)(=O)N(CC)CC)cc1NC(=O)CN. The molecule has 0 aliphatic rings. The Morgan fingerprint density at radius 3 is 2.32 bits per heavy atom. The van der Waals surface area contributed by atoms with Gasteiger partial charge in [0.1, 0.15) is 0 Å². The van der Waals surface area contributed by atoms with E-state index in [0.717, 1.165) is 0 Å². The molecule has 0 radical (unpaired) electrons. The van der Waals surface area contributed by atoms with E-state index in [2.05, 4.69) is 10.6 Å². The summed E-state index contributed by atoms with van der Waals surface area (Å²) in [6.07, 6.45) is 0. The molecule has 0 fully saturated rings. The molecule has 0 spiro atoms. The minimum absolute atomic E-state index is 0.144. The second kappa shape index (κ2) is 8.11. The molecule has 0 aliphatic carbocycles. The maximum atomic E-state index is 12.5. The van der Waals surface area contributed by atoms with Gasteiger partial charge in [-0.1, -0.05) is 13.8 Å². The van der Waals surface area contributed by atoms with Crippen LogP contribution in [0.4, 0.5) is 11.4 Å². The van der Waals surface area contributed by atoms with Crippen LogP contribution in [0.1, 0.15) is 20.8 Å². The van der Waals surface area contributed by atoms with Gasteiger partial charge in [0, 0.05) is 19.6 Å². The Kier molecular flexibility index (Phi) is 6.79. The highest BCUT2D eigenvalue weighted by Gasteiger charge is 2.22. The van der Waals surface area contributed by atoms with E-state index in [-0.39, 0.29) is 17.3 Å². The van der Waals surface area contributed by atoms with Crippen LogP contribution in [0.2, 0.25) is 0 Å². The van der Waals surface area contributed by atoms with Crippen molar-refractivity contribution in [2.75, 3.05) is 36.8 Å². The van der Waals surface area contributed by atoms with Crippen LogP contribution < -0.4 is 16.4 Å². The predicted octanol–water partition coefficient (Wildman–Crippen LogP) is 1.05. The van der Waals surface area contributed by atoms with Crippen molar-refractivity contribution in [3.05, 3.63) is 18.2 Å². The standard InChI is InChI=1S/C14H24N4O3S/c1-4-16-12-8-7-11(9-13(12)17-14(19)10-15)22(20,21)18(5-2)6-3/h7-9,16H,4-6,10,15H2,1-3H3,(H,17,19). The molecule has 8 heteroatoms. The number of nitrogens with two attached hydrogens (primary N) is 1. The van der Waals surface area contributed by atoms with Crippen molar-refractivity contribution in [2.24, 2.45) is 5.73 Å². The maximum absolute atomic E-state index is 12.5. The molecule has 1 rings (SSSR count). The summed E-state index contributed by atoms with van der Waals surface area (Å²) in [5, 5.41) is 5.70. The molecule has 1 amide bonds. The molecule has 4 N–H and O–H groups in total. The van der Waals surface area contributed by atoms with Crippen LogP contribution in [0.3, 0.4) is 0 Å². The first kappa shape index (κ1) is 18.4. The van der Waals surface area contributed by atoms with E-state index in [1.54, 1.807) is 19.9 Å². The van der Waals surface area contributed by atoms with Crippen LogP contribution in [-0.2, 0) is 14.8 Å². The van der Waals surface area contributed by atoms with Gasteiger partial charge in [0.15, 0.2) is 0 Å². The molecule has 0 heterocycles. The van der Waals surface area contributed by atoms with E-state index in [9.17, 15) is 13.2 Å². The molecule has 0 bridgehead atoms. The van der Waals surface area contributed by atoms with Gasteiger partial charge in [-0.15, -0.1) is 0 Å². The molecule has 7 nitrogen and oxygen atoms in total. The summed E-state index contributed by atoms with van der Waals surface area (Å²) < 4.78 is 26.4. The summed E-state index contributed by atoms with van der Waals surface area (Å²) in [6.45, 7) is 6.73. The fraction of sp³-hybridized carbons (Fsp3) is 0.500. The fourth-order valence-electron chi connectivity index (χ4n) is 2.05. The quantitative estimate of drug-likeness (QED) is 0.661. The van der Waals surface area contributed by atoms with Crippen molar-refractivity contribution >= 4 is 27.3 Å². The Labute approximate surface area is 131 Å². The Morgan fingerprint density at radius 1 is 1.18 bits per heavy atom. The highest BCUT2D eigenvalue weighted by Crippen LogP contribution is 2.27. The molecular formula is C14H24N4O3S. The first-order valence-electron chi connectivity index (χ1n) is 7.28. The normalized spacial score (nSPS) is 11.5. The number of hydrogen-bond acceptors (Lipinski definition) is 5. The van der Waals surface area contributed by atoms with Crippen LogP contribution >= 0.6 is 0 Å². The average Bonchev–Trinajstić information content (AvgIpc) is 2.49. The topological polar surface area (TPSA) is 105 Å². The Bertz CT molecular complexity index is 613. The number of nitrogens with one attached hydrogen (secondary N) is 2. The highest BCUT2D eigenvalue weighted by atomic mass is 32.2. The summed E-state index contributed by atoms with van der Waals surface area (Å²) >= 11 is 0. The number of hydrogen-bond donors (Lipinski definition) is 3. The molecule has 1 aromatic carbocycles. The first-order chi connectivity index (χ1) is 10.4. The lowest BCUT2D eigenvalue weighted by Crippen LogP contribution is -2.30. The number of carbonyl (C=O) groups excluding carboxylic acids is 1. The minimum atomic E-state index is -3.57. The number of anilines is 2. The molecule has 0 atom stereocenters. The van der Waals surface area contributed by atoms with Gasteiger partial charge >= 0.3 is 0 Å². The van der Waals surface area contributed by atoms with E-state index < -0.39 is 10.0 Å². The number of nitrogens with zero attached hydrogens (tertiary/aromatic N) is 1. The molecular weight excluding hydrogens is 304 g/mol. The van der Waals surface area contributed by atoms with Crippen molar-refractivity contribution in [2.45, 2.75) is 25.7 Å². The lowest BCUT2D eigenvalue weighted by atomic mass is 10.2. The van der Waals surface area contributed by atoms with Crippen LogP contribution in [0.25, 0.3) is 0 Å². The Morgan fingerprint density at radius 2 is 1.82 bits per heavy atom. The van der Waals surface area contributed by atoms with Gasteiger partial charge in [0.25, 0.3) is 0 Å². The summed E-state index contributed by atoms with van der Waals surface area (Å²) in [6, 6.07) is 4.63. The predicted molar refractivity (Wildman–Crippen MR) is 88.4 cm³/mol. The zero-order valence-corrected chi connectivity index (χ0v) is 14.0. The molecule has 0 saturated heterocycles. The van der Waals surface area contributed by atoms with Crippen molar-refractivity contribution < 1.29 is 13.2 Å². The van der Waals surface area contributed by atoms with Crippen LogP contribution in [0.15, 0.2) is 23.1 Å². The van der Waals surface area contributed by atoms with E-state index in [1.807, 2.05) is 6.92 Å². The van der Waals surface area contributed by atoms with Gasteiger partial charge in [-0.3, -0.25) is 4.79 Å². The van der Waals surface area contributed by atoms with Gasteiger partial charge in [0.2, 0.25) is 15.9 Å². The molecule has 124 valence electrons. The zero-order chi connectivity index (χ0) is 16.8. The molecule has 0 unspecified atom stereocenters. The second-order valence-corrected chi connectivity index (χ2v) is 6.52. The maximum Gasteiger partial charge on any atom is 0.243 e. The highest BCUT2D eigenvalue weighted by molar-refractivity contribution is 7.89. The van der Waals surface area contributed by atoms with E-state index in [1.165, 1.54) is 16.4 Å². The van der Waals surface area contributed by atoms with Gasteiger partial charge in [0.05, 0.1) is 22.8 Å². The number of carbonyl (C=O) groups is 1. The Hall–Kier alpha value is -1.64. The summed E-state index contributed by atoms with van der Waals surface area (Å²) in [4.78, 5) is 11.7. The van der Waals surface area contributed by atoms with Gasteiger partial charge in [-0.05, 0) is 25.1 Å². The van der Waals surface area contributed by atoms with Gasteiger partial charge in [-0.25, -0.2) is 8.42 Å². The van der Waals surface area contributed by atoms with Crippen molar-refractivity contribution in [3.8, 4) is 0 Å². The smallest absolute Gasteiger partial charge is 0.243 e. The molecule has 1 aromatic rings.